The normalized spacial score (nSPS) is 10.3. The van der Waals surface area contributed by atoms with Crippen molar-refractivity contribution in [2.24, 2.45) is 0 Å². The first-order chi connectivity index (χ1) is 7.20. The van der Waals surface area contributed by atoms with Crippen LogP contribution in [0.2, 0.25) is 0 Å². The van der Waals surface area contributed by atoms with Crippen LogP contribution >= 0.6 is 0 Å². The van der Waals surface area contributed by atoms with Gasteiger partial charge in [-0.25, -0.2) is 9.67 Å². The minimum Gasteiger partial charge on any atom is -0.481 e. The highest BCUT2D eigenvalue weighted by atomic mass is 16.5. The molecule has 0 fully saturated rings. The Labute approximate surface area is 86.7 Å². The molecule has 0 atom stereocenters. The van der Waals surface area contributed by atoms with Crippen molar-refractivity contribution in [3.63, 3.8) is 0 Å². The molecule has 78 valence electrons. The molecule has 0 saturated carbocycles. The molecule has 0 bridgehead atoms. The van der Waals surface area contributed by atoms with Gasteiger partial charge in [0.05, 0.1) is 7.11 Å². The average Bonchev–Trinajstić information content (AvgIpc) is 2.59. The van der Waals surface area contributed by atoms with Gasteiger partial charge < -0.3 is 10.5 Å². The summed E-state index contributed by atoms with van der Waals surface area (Å²) in [5.41, 5.74) is 6.52. The Morgan fingerprint density at radius 3 is 2.87 bits per heavy atom. The molecule has 6 heteroatoms. The predicted molar refractivity (Wildman–Crippen MR) is 54.9 cm³/mol. The van der Waals surface area contributed by atoms with Gasteiger partial charge in [-0.1, -0.05) is 0 Å². The molecule has 0 unspecified atom stereocenters. The minimum absolute atomic E-state index is 0.439. The Kier molecular flexibility index (Phi) is 2.24. The number of anilines is 1. The maximum absolute atomic E-state index is 5.63. The third-order valence-corrected chi connectivity index (χ3v) is 1.97. The van der Waals surface area contributed by atoms with Gasteiger partial charge in [0.2, 0.25) is 5.88 Å². The van der Waals surface area contributed by atoms with Crippen LogP contribution in [0, 0.1) is 6.92 Å². The number of aromatic nitrogens is 4. The lowest BCUT2D eigenvalue weighted by atomic mass is 10.4. The van der Waals surface area contributed by atoms with E-state index in [4.69, 9.17) is 10.5 Å². The summed E-state index contributed by atoms with van der Waals surface area (Å²) in [5.74, 6) is 1.40. The number of hydrogen-bond acceptors (Lipinski definition) is 5. The maximum Gasteiger partial charge on any atom is 0.253 e. The lowest BCUT2D eigenvalue weighted by Crippen LogP contribution is -2.03. The molecular formula is C9H11N5O. The number of nitrogens with two attached hydrogens (primary N) is 1. The van der Waals surface area contributed by atoms with Gasteiger partial charge in [-0.05, 0) is 6.92 Å². The van der Waals surface area contributed by atoms with Crippen molar-refractivity contribution in [2.75, 3.05) is 12.8 Å². The Morgan fingerprint density at radius 2 is 2.27 bits per heavy atom. The SMILES string of the molecule is COc1ccnc(-n2cc(C)c(N)n2)n1. The number of aryl methyl sites for hydroxylation is 1. The second kappa shape index (κ2) is 3.56. The van der Waals surface area contributed by atoms with Crippen LogP contribution in [0.5, 0.6) is 5.88 Å². The summed E-state index contributed by atoms with van der Waals surface area (Å²) >= 11 is 0. The van der Waals surface area contributed by atoms with Crippen LogP contribution in [0.15, 0.2) is 18.5 Å². The van der Waals surface area contributed by atoms with Crippen molar-refractivity contribution < 1.29 is 4.74 Å². The molecule has 2 aromatic rings. The summed E-state index contributed by atoms with van der Waals surface area (Å²) in [4.78, 5) is 8.19. The molecule has 2 aromatic heterocycles. The van der Waals surface area contributed by atoms with Crippen LogP contribution in [-0.4, -0.2) is 26.9 Å². The highest BCUT2D eigenvalue weighted by molar-refractivity contribution is 5.37. The van der Waals surface area contributed by atoms with Gasteiger partial charge in [0, 0.05) is 24.0 Å². The molecule has 15 heavy (non-hydrogen) atoms. The van der Waals surface area contributed by atoms with E-state index < -0.39 is 0 Å². The van der Waals surface area contributed by atoms with E-state index in [2.05, 4.69) is 15.1 Å². The molecule has 0 aliphatic carbocycles. The molecule has 0 aromatic carbocycles. The van der Waals surface area contributed by atoms with Crippen LogP contribution < -0.4 is 10.5 Å². The van der Waals surface area contributed by atoms with E-state index in [0.717, 1.165) is 5.56 Å². The fourth-order valence-corrected chi connectivity index (χ4v) is 1.13. The van der Waals surface area contributed by atoms with Crippen LogP contribution in [0.4, 0.5) is 5.82 Å². The van der Waals surface area contributed by atoms with Gasteiger partial charge >= 0.3 is 0 Å². The van der Waals surface area contributed by atoms with Crippen molar-refractivity contribution in [3.05, 3.63) is 24.0 Å². The fraction of sp³-hybridized carbons (Fsp3) is 0.222. The Hall–Kier alpha value is -2.11. The van der Waals surface area contributed by atoms with E-state index in [-0.39, 0.29) is 0 Å². The number of rotatable bonds is 2. The van der Waals surface area contributed by atoms with E-state index >= 15 is 0 Å². The van der Waals surface area contributed by atoms with Gasteiger partial charge in [0.1, 0.15) is 5.82 Å². The zero-order valence-electron chi connectivity index (χ0n) is 8.51. The smallest absolute Gasteiger partial charge is 0.253 e. The molecular weight excluding hydrogens is 194 g/mol. The minimum atomic E-state index is 0.439. The number of nitrogens with zero attached hydrogens (tertiary/aromatic N) is 4. The van der Waals surface area contributed by atoms with Gasteiger partial charge in [0.25, 0.3) is 5.95 Å². The van der Waals surface area contributed by atoms with Crippen molar-refractivity contribution in [1.29, 1.82) is 0 Å². The maximum atomic E-state index is 5.63. The second-order valence-corrected chi connectivity index (χ2v) is 3.04. The Morgan fingerprint density at radius 1 is 1.47 bits per heavy atom. The van der Waals surface area contributed by atoms with Gasteiger partial charge in [-0.3, -0.25) is 0 Å². The summed E-state index contributed by atoms with van der Waals surface area (Å²) in [6, 6.07) is 1.67. The lowest BCUT2D eigenvalue weighted by Gasteiger charge is -2.01. The van der Waals surface area contributed by atoms with E-state index in [1.54, 1.807) is 25.6 Å². The van der Waals surface area contributed by atoms with Crippen molar-refractivity contribution in [3.8, 4) is 11.8 Å². The summed E-state index contributed by atoms with van der Waals surface area (Å²) in [7, 11) is 1.55. The first-order valence-electron chi connectivity index (χ1n) is 4.40. The Bertz CT molecular complexity index is 460. The van der Waals surface area contributed by atoms with Crippen molar-refractivity contribution in [2.45, 2.75) is 6.92 Å². The zero-order chi connectivity index (χ0) is 10.8. The van der Waals surface area contributed by atoms with E-state index in [0.29, 0.717) is 17.6 Å². The summed E-state index contributed by atoms with van der Waals surface area (Å²) in [5, 5.41) is 4.07. The highest BCUT2D eigenvalue weighted by Gasteiger charge is 2.06. The summed E-state index contributed by atoms with van der Waals surface area (Å²) in [6.07, 6.45) is 3.37. The lowest BCUT2D eigenvalue weighted by molar-refractivity contribution is 0.395. The second-order valence-electron chi connectivity index (χ2n) is 3.04. The zero-order valence-corrected chi connectivity index (χ0v) is 8.51. The van der Waals surface area contributed by atoms with E-state index in [9.17, 15) is 0 Å². The molecule has 2 N–H and O–H groups in total. The number of methoxy groups -OCH3 is 1. The largest absolute Gasteiger partial charge is 0.481 e. The van der Waals surface area contributed by atoms with Crippen LogP contribution in [-0.2, 0) is 0 Å². The third-order valence-electron chi connectivity index (χ3n) is 1.97. The number of ether oxygens (including phenoxy) is 1. The molecule has 0 saturated heterocycles. The van der Waals surface area contributed by atoms with E-state index in [1.807, 2.05) is 6.92 Å². The molecule has 0 aliphatic rings. The number of nitrogen functional groups attached to an aromatic ring is 1. The Balaban J connectivity index is 2.44. The topological polar surface area (TPSA) is 78.9 Å². The summed E-state index contributed by atoms with van der Waals surface area (Å²) < 4.78 is 6.51. The third kappa shape index (κ3) is 1.74. The molecule has 6 nitrogen and oxygen atoms in total. The molecule has 0 radical (unpaired) electrons. The van der Waals surface area contributed by atoms with Gasteiger partial charge in [0.15, 0.2) is 0 Å². The average molecular weight is 205 g/mol. The van der Waals surface area contributed by atoms with Crippen molar-refractivity contribution >= 4 is 5.82 Å². The van der Waals surface area contributed by atoms with Crippen LogP contribution in [0.25, 0.3) is 5.95 Å². The monoisotopic (exact) mass is 205 g/mol. The van der Waals surface area contributed by atoms with Crippen molar-refractivity contribution in [1.82, 2.24) is 19.7 Å². The van der Waals surface area contributed by atoms with Gasteiger partial charge in [-0.15, -0.1) is 5.10 Å². The molecule has 2 rings (SSSR count). The van der Waals surface area contributed by atoms with Crippen LogP contribution in [0.1, 0.15) is 5.56 Å². The summed E-state index contributed by atoms with van der Waals surface area (Å²) in [6.45, 7) is 1.87. The number of hydrogen-bond donors (Lipinski definition) is 1. The van der Waals surface area contributed by atoms with Gasteiger partial charge in [-0.2, -0.15) is 4.98 Å². The van der Waals surface area contributed by atoms with Crippen LogP contribution in [0.3, 0.4) is 0 Å². The molecule has 0 aliphatic heterocycles. The first kappa shape index (κ1) is 9.45. The van der Waals surface area contributed by atoms with E-state index in [1.165, 1.54) is 4.68 Å². The predicted octanol–water partition coefficient (Wildman–Crippen LogP) is 0.562. The molecule has 2 heterocycles. The standard InChI is InChI=1S/C9H11N5O/c1-6-5-14(13-8(6)10)9-11-4-3-7(12-9)15-2/h3-5H,1-2H3,(H2,10,13). The highest BCUT2D eigenvalue weighted by Crippen LogP contribution is 2.11. The first-order valence-corrected chi connectivity index (χ1v) is 4.40. The quantitative estimate of drug-likeness (QED) is 0.775. The fourth-order valence-electron chi connectivity index (χ4n) is 1.13. The molecule has 0 spiro atoms. The molecule has 0 amide bonds.